The maximum Gasteiger partial charge on any atom is 0.227 e. The number of anilines is 1. The maximum absolute atomic E-state index is 12.0. The van der Waals surface area contributed by atoms with Gasteiger partial charge in [-0.1, -0.05) is 13.3 Å². The van der Waals surface area contributed by atoms with Crippen molar-refractivity contribution >= 4 is 11.6 Å². The van der Waals surface area contributed by atoms with Crippen LogP contribution in [0.4, 0.5) is 5.69 Å². The molecule has 0 heterocycles. The Bertz CT molecular complexity index is 477. The van der Waals surface area contributed by atoms with Crippen LogP contribution in [0.15, 0.2) is 24.3 Å². The Morgan fingerprint density at radius 3 is 2.57 bits per heavy atom. The molecular weight excluding hydrogens is 266 g/mol. The van der Waals surface area contributed by atoms with Gasteiger partial charge in [0.2, 0.25) is 5.91 Å². The highest BCUT2D eigenvalue weighted by Gasteiger charge is 2.13. The second kappa shape index (κ2) is 8.98. The summed E-state index contributed by atoms with van der Waals surface area (Å²) < 4.78 is 5.15. The molecule has 1 aromatic rings. The molecular formula is C16H23N3O2. The number of nitrogens with one attached hydrogen (secondary N) is 1. The quantitative estimate of drug-likeness (QED) is 0.770. The normalized spacial score (nSPS) is 13.0. The standard InChI is InChI=1S/C16H23N3O2/c1-12(4-3-5-13(2)18)16(20)19-14-6-8-15(9-7-14)21-11-10-17/h6-9,12-13H,3-5,11,18H2,1-2H3,(H,19,20). The Hall–Kier alpha value is -2.06. The van der Waals surface area contributed by atoms with E-state index in [0.717, 1.165) is 24.9 Å². The van der Waals surface area contributed by atoms with E-state index in [-0.39, 0.29) is 24.5 Å². The van der Waals surface area contributed by atoms with Crippen molar-refractivity contribution in [1.29, 1.82) is 5.26 Å². The molecule has 0 spiro atoms. The average molecular weight is 289 g/mol. The minimum absolute atomic E-state index is 0.00497. The van der Waals surface area contributed by atoms with Gasteiger partial charge in [0.1, 0.15) is 11.8 Å². The highest BCUT2D eigenvalue weighted by Crippen LogP contribution is 2.17. The van der Waals surface area contributed by atoms with Gasteiger partial charge in [0.25, 0.3) is 0 Å². The molecule has 0 fully saturated rings. The summed E-state index contributed by atoms with van der Waals surface area (Å²) >= 11 is 0. The summed E-state index contributed by atoms with van der Waals surface area (Å²) in [5.41, 5.74) is 6.42. The first-order valence-electron chi connectivity index (χ1n) is 7.19. The molecule has 0 saturated carbocycles. The Labute approximate surface area is 126 Å². The van der Waals surface area contributed by atoms with E-state index in [0.29, 0.717) is 5.75 Å². The highest BCUT2D eigenvalue weighted by molar-refractivity contribution is 5.92. The van der Waals surface area contributed by atoms with Crippen LogP contribution in [0.25, 0.3) is 0 Å². The van der Waals surface area contributed by atoms with Gasteiger partial charge in [-0.25, -0.2) is 0 Å². The predicted molar refractivity (Wildman–Crippen MR) is 82.8 cm³/mol. The molecule has 5 nitrogen and oxygen atoms in total. The molecule has 0 aliphatic heterocycles. The number of nitrogens with two attached hydrogens (primary N) is 1. The molecule has 0 bridgehead atoms. The summed E-state index contributed by atoms with van der Waals surface area (Å²) in [6.45, 7) is 3.91. The molecule has 0 radical (unpaired) electrons. The number of nitrogens with zero attached hydrogens (tertiary/aromatic N) is 1. The fourth-order valence-corrected chi connectivity index (χ4v) is 1.89. The zero-order chi connectivity index (χ0) is 15.7. The Morgan fingerprint density at radius 1 is 1.33 bits per heavy atom. The summed E-state index contributed by atoms with van der Waals surface area (Å²) in [5, 5.41) is 11.3. The Morgan fingerprint density at radius 2 is 2.00 bits per heavy atom. The SMILES string of the molecule is CC(N)CCCC(C)C(=O)Nc1ccc(OCC#N)cc1. The van der Waals surface area contributed by atoms with Crippen LogP contribution in [0.3, 0.4) is 0 Å². The van der Waals surface area contributed by atoms with Crippen LogP contribution in [0.5, 0.6) is 5.75 Å². The molecule has 0 aliphatic rings. The molecule has 1 amide bonds. The van der Waals surface area contributed by atoms with Crippen LogP contribution in [0, 0.1) is 17.2 Å². The van der Waals surface area contributed by atoms with E-state index in [1.54, 1.807) is 24.3 Å². The molecule has 114 valence electrons. The third-order valence-electron chi connectivity index (χ3n) is 3.17. The molecule has 21 heavy (non-hydrogen) atoms. The molecule has 1 aromatic carbocycles. The van der Waals surface area contributed by atoms with E-state index in [1.807, 2.05) is 19.9 Å². The van der Waals surface area contributed by atoms with E-state index < -0.39 is 0 Å². The topological polar surface area (TPSA) is 88.1 Å². The first-order chi connectivity index (χ1) is 10.0. The number of hydrogen-bond donors (Lipinski definition) is 2. The van der Waals surface area contributed by atoms with Gasteiger partial charge >= 0.3 is 0 Å². The van der Waals surface area contributed by atoms with Crippen molar-refractivity contribution in [2.24, 2.45) is 11.7 Å². The summed E-state index contributed by atoms with van der Waals surface area (Å²) in [6.07, 6.45) is 2.71. The average Bonchev–Trinajstić information content (AvgIpc) is 2.46. The van der Waals surface area contributed by atoms with Gasteiger partial charge in [-0.2, -0.15) is 5.26 Å². The third-order valence-corrected chi connectivity index (χ3v) is 3.17. The molecule has 0 saturated heterocycles. The lowest BCUT2D eigenvalue weighted by molar-refractivity contribution is -0.119. The molecule has 0 aromatic heterocycles. The van der Waals surface area contributed by atoms with Crippen molar-refractivity contribution < 1.29 is 9.53 Å². The first-order valence-corrected chi connectivity index (χ1v) is 7.19. The van der Waals surface area contributed by atoms with Gasteiger partial charge in [0.05, 0.1) is 0 Å². The maximum atomic E-state index is 12.0. The Kier molecular flexibility index (Phi) is 7.27. The van der Waals surface area contributed by atoms with Gasteiger partial charge in [-0.15, -0.1) is 0 Å². The molecule has 3 N–H and O–H groups in total. The lowest BCUT2D eigenvalue weighted by Gasteiger charge is -2.13. The van der Waals surface area contributed by atoms with E-state index in [2.05, 4.69) is 5.32 Å². The van der Waals surface area contributed by atoms with Crippen molar-refractivity contribution in [2.45, 2.75) is 39.2 Å². The summed E-state index contributed by atoms with van der Waals surface area (Å²) in [6, 6.07) is 9.07. The minimum Gasteiger partial charge on any atom is -0.479 e. The van der Waals surface area contributed by atoms with Gasteiger partial charge in [-0.05, 0) is 44.0 Å². The smallest absolute Gasteiger partial charge is 0.227 e. The molecule has 1 rings (SSSR count). The number of hydrogen-bond acceptors (Lipinski definition) is 4. The van der Waals surface area contributed by atoms with E-state index in [1.165, 1.54) is 0 Å². The van der Waals surface area contributed by atoms with Crippen LogP contribution >= 0.6 is 0 Å². The van der Waals surface area contributed by atoms with Gasteiger partial charge < -0.3 is 15.8 Å². The van der Waals surface area contributed by atoms with Crippen LogP contribution < -0.4 is 15.8 Å². The summed E-state index contributed by atoms with van der Waals surface area (Å²) in [4.78, 5) is 12.0. The number of benzene rings is 1. The molecule has 2 unspecified atom stereocenters. The number of carbonyl (C=O) groups is 1. The minimum atomic E-state index is -0.0433. The van der Waals surface area contributed by atoms with E-state index in [4.69, 9.17) is 15.7 Å². The predicted octanol–water partition coefficient (Wildman–Crippen LogP) is 2.68. The number of nitriles is 1. The van der Waals surface area contributed by atoms with Gasteiger partial charge in [0.15, 0.2) is 6.61 Å². The molecule has 5 heteroatoms. The van der Waals surface area contributed by atoms with Gasteiger partial charge in [-0.3, -0.25) is 4.79 Å². The number of amides is 1. The Balaban J connectivity index is 2.41. The fourth-order valence-electron chi connectivity index (χ4n) is 1.89. The second-order valence-corrected chi connectivity index (χ2v) is 5.27. The van der Waals surface area contributed by atoms with Crippen molar-refractivity contribution in [3.05, 3.63) is 24.3 Å². The summed E-state index contributed by atoms with van der Waals surface area (Å²) in [7, 11) is 0. The number of ether oxygens (including phenoxy) is 1. The van der Waals surface area contributed by atoms with E-state index >= 15 is 0 Å². The lowest BCUT2D eigenvalue weighted by atomic mass is 10.0. The fraction of sp³-hybridized carbons (Fsp3) is 0.500. The highest BCUT2D eigenvalue weighted by atomic mass is 16.5. The largest absolute Gasteiger partial charge is 0.479 e. The third kappa shape index (κ3) is 6.77. The van der Waals surface area contributed by atoms with Gasteiger partial charge in [0, 0.05) is 17.6 Å². The van der Waals surface area contributed by atoms with Crippen LogP contribution in [-0.4, -0.2) is 18.6 Å². The monoisotopic (exact) mass is 289 g/mol. The van der Waals surface area contributed by atoms with Crippen molar-refractivity contribution in [3.63, 3.8) is 0 Å². The van der Waals surface area contributed by atoms with Crippen LogP contribution in [0.1, 0.15) is 33.1 Å². The van der Waals surface area contributed by atoms with Crippen molar-refractivity contribution in [3.8, 4) is 11.8 Å². The molecule has 2 atom stereocenters. The lowest BCUT2D eigenvalue weighted by Crippen LogP contribution is -2.21. The van der Waals surface area contributed by atoms with Crippen LogP contribution in [-0.2, 0) is 4.79 Å². The zero-order valence-electron chi connectivity index (χ0n) is 12.6. The second-order valence-electron chi connectivity index (χ2n) is 5.27. The van der Waals surface area contributed by atoms with Crippen LogP contribution in [0.2, 0.25) is 0 Å². The zero-order valence-corrected chi connectivity index (χ0v) is 12.6. The van der Waals surface area contributed by atoms with Crippen molar-refractivity contribution in [2.75, 3.05) is 11.9 Å². The first kappa shape index (κ1) is 17.0. The molecule has 0 aliphatic carbocycles. The summed E-state index contributed by atoms with van der Waals surface area (Å²) in [5.74, 6) is 0.572. The van der Waals surface area contributed by atoms with E-state index in [9.17, 15) is 4.79 Å². The number of rotatable bonds is 8. The number of carbonyl (C=O) groups excluding carboxylic acids is 1. The van der Waals surface area contributed by atoms with Crippen molar-refractivity contribution in [1.82, 2.24) is 0 Å².